The topological polar surface area (TPSA) is 62.7 Å². The largest absolute Gasteiger partial charge is 0.472 e. The maximum Gasteiger partial charge on any atom is 0.259 e. The van der Waals surface area contributed by atoms with Gasteiger partial charge < -0.3 is 14.5 Å². The van der Waals surface area contributed by atoms with Gasteiger partial charge in [0.05, 0.1) is 13.0 Å². The van der Waals surface area contributed by atoms with Gasteiger partial charge in [0.1, 0.15) is 11.7 Å². The number of hydrogen-bond donors (Lipinski definition) is 0. The first-order valence-corrected chi connectivity index (χ1v) is 10.9. The molecule has 3 heterocycles. The molecule has 30 heavy (non-hydrogen) atoms. The normalized spacial score (nSPS) is 19.0. The Bertz CT molecular complexity index is 914. The van der Waals surface area contributed by atoms with Gasteiger partial charge in [0.15, 0.2) is 0 Å². The van der Waals surface area contributed by atoms with Gasteiger partial charge >= 0.3 is 0 Å². The predicted octanol–water partition coefficient (Wildman–Crippen LogP) is 3.58. The molecule has 0 saturated carbocycles. The second kappa shape index (κ2) is 9.47. The summed E-state index contributed by atoms with van der Waals surface area (Å²) in [5.74, 6) is 0.390. The molecule has 2 aliphatic heterocycles. The zero-order valence-corrected chi connectivity index (χ0v) is 17.7. The molecule has 1 atom stereocenters. The Balaban J connectivity index is 1.37. The zero-order chi connectivity index (χ0) is 20.9. The number of ether oxygens (including phenoxy) is 1. The van der Waals surface area contributed by atoms with Crippen molar-refractivity contribution in [1.82, 2.24) is 14.8 Å². The van der Waals surface area contributed by atoms with Crippen molar-refractivity contribution in [3.05, 3.63) is 58.7 Å². The lowest BCUT2D eigenvalue weighted by Gasteiger charge is -2.27. The molecule has 0 N–H and O–H groups in total. The summed E-state index contributed by atoms with van der Waals surface area (Å²) in [5, 5.41) is 0.629. The Morgan fingerprint density at radius 2 is 1.90 bits per heavy atom. The second-order valence-electron chi connectivity index (χ2n) is 7.88. The Morgan fingerprint density at radius 1 is 1.07 bits per heavy atom. The molecule has 158 valence electrons. The summed E-state index contributed by atoms with van der Waals surface area (Å²) >= 11 is 6.02. The molecule has 1 aromatic carbocycles. The smallest absolute Gasteiger partial charge is 0.259 e. The van der Waals surface area contributed by atoms with Crippen LogP contribution in [-0.2, 0) is 11.2 Å². The fourth-order valence-electron chi connectivity index (χ4n) is 4.06. The number of halogens is 1. The maximum atomic E-state index is 12.9. The number of aromatic nitrogens is 1. The monoisotopic (exact) mass is 427 g/mol. The number of pyridine rings is 1. The van der Waals surface area contributed by atoms with Crippen LogP contribution >= 0.6 is 11.6 Å². The SMILES string of the molecule is O=C(Cc1cccc(Cl)c1)N1CCC(Oc2ncccc2C(=O)N2CCCCC2)C1. The number of amides is 2. The van der Waals surface area contributed by atoms with E-state index in [9.17, 15) is 9.59 Å². The van der Waals surface area contributed by atoms with E-state index in [1.54, 1.807) is 29.3 Å². The van der Waals surface area contributed by atoms with Crippen molar-refractivity contribution in [3.63, 3.8) is 0 Å². The van der Waals surface area contributed by atoms with Crippen molar-refractivity contribution < 1.29 is 14.3 Å². The van der Waals surface area contributed by atoms with Gasteiger partial charge in [-0.25, -0.2) is 4.98 Å². The molecular weight excluding hydrogens is 402 g/mol. The number of piperidine rings is 1. The molecule has 2 aromatic rings. The molecule has 2 amide bonds. The molecule has 1 unspecified atom stereocenters. The fourth-order valence-corrected chi connectivity index (χ4v) is 4.27. The Kier molecular flexibility index (Phi) is 6.53. The Morgan fingerprint density at radius 3 is 2.70 bits per heavy atom. The average Bonchev–Trinajstić information content (AvgIpc) is 3.23. The van der Waals surface area contributed by atoms with Crippen LogP contribution in [0.15, 0.2) is 42.6 Å². The number of carbonyl (C=O) groups is 2. The van der Waals surface area contributed by atoms with Crippen molar-refractivity contribution in [3.8, 4) is 5.88 Å². The first-order valence-electron chi connectivity index (χ1n) is 10.5. The summed E-state index contributed by atoms with van der Waals surface area (Å²) in [6.07, 6.45) is 5.74. The summed E-state index contributed by atoms with van der Waals surface area (Å²) in [6.45, 7) is 2.68. The third-order valence-corrected chi connectivity index (χ3v) is 5.90. The summed E-state index contributed by atoms with van der Waals surface area (Å²) in [4.78, 5) is 33.6. The molecule has 1 aromatic heterocycles. The standard InChI is InChI=1S/C23H26ClN3O3/c24-18-7-4-6-17(14-18)15-21(28)27-13-9-19(16-27)30-22-20(8-5-10-25-22)23(29)26-11-2-1-3-12-26/h4-8,10,14,19H,1-3,9,11-13,15-16H2. The van der Waals surface area contributed by atoms with E-state index in [2.05, 4.69) is 4.98 Å². The van der Waals surface area contributed by atoms with Gasteiger partial charge in [-0.1, -0.05) is 23.7 Å². The van der Waals surface area contributed by atoms with E-state index >= 15 is 0 Å². The number of rotatable bonds is 5. The van der Waals surface area contributed by atoms with E-state index in [0.29, 0.717) is 36.0 Å². The third-order valence-electron chi connectivity index (χ3n) is 5.67. The Labute approximate surface area is 181 Å². The van der Waals surface area contributed by atoms with E-state index < -0.39 is 0 Å². The van der Waals surface area contributed by atoms with Crippen LogP contribution in [0.5, 0.6) is 5.88 Å². The molecule has 0 bridgehead atoms. The second-order valence-corrected chi connectivity index (χ2v) is 8.32. The predicted molar refractivity (Wildman–Crippen MR) is 115 cm³/mol. The van der Waals surface area contributed by atoms with E-state index in [4.69, 9.17) is 16.3 Å². The zero-order valence-electron chi connectivity index (χ0n) is 16.9. The van der Waals surface area contributed by atoms with Crippen LogP contribution in [0.1, 0.15) is 41.6 Å². The fraction of sp³-hybridized carbons (Fsp3) is 0.435. The number of likely N-dealkylation sites (tertiary alicyclic amines) is 2. The minimum atomic E-state index is -0.170. The van der Waals surface area contributed by atoms with Gasteiger partial charge in [-0.05, 0) is 49.1 Å². The van der Waals surface area contributed by atoms with Crippen molar-refractivity contribution in [2.75, 3.05) is 26.2 Å². The quantitative estimate of drug-likeness (QED) is 0.731. The number of hydrogen-bond acceptors (Lipinski definition) is 4. The van der Waals surface area contributed by atoms with E-state index in [0.717, 1.165) is 37.9 Å². The van der Waals surface area contributed by atoms with Crippen LogP contribution < -0.4 is 4.74 Å². The van der Waals surface area contributed by atoms with E-state index in [1.807, 2.05) is 23.1 Å². The van der Waals surface area contributed by atoms with Crippen LogP contribution in [0.4, 0.5) is 0 Å². The van der Waals surface area contributed by atoms with Gasteiger partial charge in [0, 0.05) is 37.3 Å². The van der Waals surface area contributed by atoms with Crippen LogP contribution in [0.2, 0.25) is 5.02 Å². The maximum absolute atomic E-state index is 12.9. The lowest BCUT2D eigenvalue weighted by molar-refractivity contribution is -0.129. The summed E-state index contributed by atoms with van der Waals surface area (Å²) < 4.78 is 6.09. The molecule has 2 saturated heterocycles. The molecule has 0 radical (unpaired) electrons. The van der Waals surface area contributed by atoms with Crippen molar-refractivity contribution in [1.29, 1.82) is 0 Å². The molecule has 0 aliphatic carbocycles. The van der Waals surface area contributed by atoms with Crippen LogP contribution in [-0.4, -0.2) is 58.9 Å². The van der Waals surface area contributed by atoms with Gasteiger partial charge in [-0.2, -0.15) is 0 Å². The molecule has 4 rings (SSSR count). The number of benzene rings is 1. The van der Waals surface area contributed by atoms with E-state index in [1.165, 1.54) is 6.42 Å². The van der Waals surface area contributed by atoms with Gasteiger partial charge in [0.2, 0.25) is 11.8 Å². The average molecular weight is 428 g/mol. The highest BCUT2D eigenvalue weighted by Crippen LogP contribution is 2.23. The lowest BCUT2D eigenvalue weighted by Crippen LogP contribution is -2.36. The van der Waals surface area contributed by atoms with Crippen LogP contribution in [0, 0.1) is 0 Å². The van der Waals surface area contributed by atoms with Gasteiger partial charge in [-0.3, -0.25) is 9.59 Å². The molecule has 2 aliphatic rings. The van der Waals surface area contributed by atoms with Crippen molar-refractivity contribution >= 4 is 23.4 Å². The minimum Gasteiger partial charge on any atom is -0.472 e. The van der Waals surface area contributed by atoms with Crippen molar-refractivity contribution in [2.45, 2.75) is 38.2 Å². The highest BCUT2D eigenvalue weighted by atomic mass is 35.5. The molecule has 0 spiro atoms. The summed E-state index contributed by atoms with van der Waals surface area (Å²) in [6, 6.07) is 10.9. The van der Waals surface area contributed by atoms with Gasteiger partial charge in [0.25, 0.3) is 5.91 Å². The lowest BCUT2D eigenvalue weighted by atomic mass is 10.1. The molecule has 2 fully saturated rings. The Hall–Kier alpha value is -2.60. The summed E-state index contributed by atoms with van der Waals surface area (Å²) in [5.41, 5.74) is 1.40. The molecule has 6 nitrogen and oxygen atoms in total. The van der Waals surface area contributed by atoms with Crippen LogP contribution in [0.25, 0.3) is 0 Å². The highest BCUT2D eigenvalue weighted by Gasteiger charge is 2.30. The first-order chi connectivity index (χ1) is 14.6. The highest BCUT2D eigenvalue weighted by molar-refractivity contribution is 6.30. The van der Waals surface area contributed by atoms with Crippen LogP contribution in [0.3, 0.4) is 0 Å². The summed E-state index contributed by atoms with van der Waals surface area (Å²) in [7, 11) is 0. The molecule has 7 heteroatoms. The minimum absolute atomic E-state index is 0.0234. The van der Waals surface area contributed by atoms with Gasteiger partial charge in [-0.15, -0.1) is 0 Å². The van der Waals surface area contributed by atoms with E-state index in [-0.39, 0.29) is 17.9 Å². The van der Waals surface area contributed by atoms with Crippen molar-refractivity contribution in [2.24, 2.45) is 0 Å². The first kappa shape index (κ1) is 20.7. The third kappa shape index (κ3) is 4.93. The number of nitrogens with zero attached hydrogens (tertiary/aromatic N) is 3. The number of carbonyl (C=O) groups excluding carboxylic acids is 2. The molecular formula is C23H26ClN3O3.